The lowest BCUT2D eigenvalue weighted by Gasteiger charge is -1.90. The molecule has 34 heavy (non-hydrogen) atoms. The number of nitrogens with two attached hydrogens (primary N) is 1. The Balaban J connectivity index is -0.000000383. The number of aryl methyl sites for hydroxylation is 3. The SMILES string of the molecule is CC.CC.CC.Cc1ccc(N)cc1.Cc1ccc([N+](=O)[O-])cc1.Cc1ccc([N+](=O)[O-])cc1. The van der Waals surface area contributed by atoms with Crippen molar-refractivity contribution in [3.8, 4) is 0 Å². The third kappa shape index (κ3) is 17.9. The van der Waals surface area contributed by atoms with Crippen molar-refractivity contribution in [1.29, 1.82) is 0 Å². The molecule has 2 N–H and O–H groups in total. The van der Waals surface area contributed by atoms with Gasteiger partial charge in [-0.15, -0.1) is 0 Å². The van der Waals surface area contributed by atoms with Crippen LogP contribution in [-0.2, 0) is 0 Å². The molecule has 0 amide bonds. The summed E-state index contributed by atoms with van der Waals surface area (Å²) in [5, 5.41) is 20.2. The summed E-state index contributed by atoms with van der Waals surface area (Å²) in [7, 11) is 0. The fourth-order valence-electron chi connectivity index (χ4n) is 1.90. The van der Waals surface area contributed by atoms with Gasteiger partial charge in [-0.3, -0.25) is 20.2 Å². The van der Waals surface area contributed by atoms with E-state index in [9.17, 15) is 20.2 Å². The smallest absolute Gasteiger partial charge is 0.269 e. The number of hydrogen-bond acceptors (Lipinski definition) is 5. The minimum Gasteiger partial charge on any atom is -0.399 e. The van der Waals surface area contributed by atoms with Crippen LogP contribution in [0.25, 0.3) is 0 Å². The van der Waals surface area contributed by atoms with E-state index >= 15 is 0 Å². The second-order valence-electron chi connectivity index (χ2n) is 6.10. The van der Waals surface area contributed by atoms with Gasteiger partial charge in [0.05, 0.1) is 9.85 Å². The van der Waals surface area contributed by atoms with E-state index < -0.39 is 9.85 Å². The van der Waals surface area contributed by atoms with Crippen molar-refractivity contribution in [2.24, 2.45) is 0 Å². The maximum Gasteiger partial charge on any atom is 0.269 e. The zero-order chi connectivity index (χ0) is 27.1. The zero-order valence-corrected chi connectivity index (χ0v) is 22.0. The molecule has 0 saturated carbocycles. The number of nitrogen functional groups attached to an aromatic ring is 1. The first-order valence-corrected chi connectivity index (χ1v) is 11.4. The van der Waals surface area contributed by atoms with Crippen LogP contribution in [0, 0.1) is 41.0 Å². The van der Waals surface area contributed by atoms with Gasteiger partial charge in [-0.2, -0.15) is 0 Å². The second kappa shape index (κ2) is 22.5. The Kier molecular flexibility index (Phi) is 23.0. The van der Waals surface area contributed by atoms with Gasteiger partial charge in [-0.1, -0.05) is 94.6 Å². The fourth-order valence-corrected chi connectivity index (χ4v) is 1.90. The Morgan fingerprint density at radius 1 is 0.500 bits per heavy atom. The lowest BCUT2D eigenvalue weighted by molar-refractivity contribution is -0.385. The molecule has 0 saturated heterocycles. The molecule has 3 aromatic carbocycles. The van der Waals surface area contributed by atoms with Crippen LogP contribution in [0.5, 0.6) is 0 Å². The predicted molar refractivity (Wildman–Crippen MR) is 145 cm³/mol. The molecular weight excluding hydrogens is 430 g/mol. The molecule has 0 radical (unpaired) electrons. The average Bonchev–Trinajstić information content (AvgIpc) is 2.86. The van der Waals surface area contributed by atoms with Gasteiger partial charge >= 0.3 is 0 Å². The number of hydrogen-bond donors (Lipinski definition) is 1. The monoisotopic (exact) mass is 471 g/mol. The van der Waals surface area contributed by atoms with Gasteiger partial charge in [-0.25, -0.2) is 0 Å². The van der Waals surface area contributed by atoms with E-state index in [4.69, 9.17) is 5.73 Å². The van der Waals surface area contributed by atoms with Gasteiger partial charge in [0.2, 0.25) is 0 Å². The molecule has 0 unspecified atom stereocenters. The number of benzene rings is 3. The highest BCUT2D eigenvalue weighted by Gasteiger charge is 2.01. The highest BCUT2D eigenvalue weighted by atomic mass is 16.6. The Morgan fingerprint density at radius 3 is 0.882 bits per heavy atom. The van der Waals surface area contributed by atoms with Crippen molar-refractivity contribution in [2.75, 3.05) is 5.73 Å². The predicted octanol–water partition coefficient (Wildman–Crippen LogP) is 8.46. The highest BCUT2D eigenvalue weighted by molar-refractivity contribution is 5.38. The summed E-state index contributed by atoms with van der Waals surface area (Å²) in [4.78, 5) is 19.4. The molecule has 0 aliphatic carbocycles. The van der Waals surface area contributed by atoms with E-state index in [1.807, 2.05) is 86.6 Å². The third-order valence-electron chi connectivity index (χ3n) is 3.57. The Bertz CT molecular complexity index is 816. The summed E-state index contributed by atoms with van der Waals surface area (Å²) in [5.41, 5.74) is 9.86. The van der Waals surface area contributed by atoms with E-state index in [2.05, 4.69) is 0 Å². The lowest BCUT2D eigenvalue weighted by atomic mass is 10.2. The highest BCUT2D eigenvalue weighted by Crippen LogP contribution is 2.11. The average molecular weight is 472 g/mol. The lowest BCUT2D eigenvalue weighted by Crippen LogP contribution is -1.86. The van der Waals surface area contributed by atoms with Crippen molar-refractivity contribution in [1.82, 2.24) is 0 Å². The van der Waals surface area contributed by atoms with E-state index in [0.717, 1.165) is 16.8 Å². The Hall–Kier alpha value is -3.74. The molecule has 7 nitrogen and oxygen atoms in total. The molecule has 188 valence electrons. The molecule has 0 bridgehead atoms. The summed E-state index contributed by atoms with van der Waals surface area (Å²) in [6.45, 7) is 17.8. The van der Waals surface area contributed by atoms with E-state index in [1.54, 1.807) is 24.3 Å². The van der Waals surface area contributed by atoms with Gasteiger partial charge in [0.25, 0.3) is 11.4 Å². The van der Waals surface area contributed by atoms with Crippen molar-refractivity contribution in [3.63, 3.8) is 0 Å². The Labute approximate surface area is 205 Å². The minimum absolute atomic E-state index is 0.144. The van der Waals surface area contributed by atoms with Crippen LogP contribution in [0.3, 0.4) is 0 Å². The van der Waals surface area contributed by atoms with Crippen LogP contribution in [-0.4, -0.2) is 9.85 Å². The summed E-state index contributed by atoms with van der Waals surface area (Å²) >= 11 is 0. The molecule has 0 heterocycles. The quantitative estimate of drug-likeness (QED) is 0.229. The van der Waals surface area contributed by atoms with Crippen LogP contribution in [0.2, 0.25) is 0 Å². The molecule has 3 rings (SSSR count). The van der Waals surface area contributed by atoms with Crippen molar-refractivity contribution < 1.29 is 9.85 Å². The molecule has 0 spiro atoms. The van der Waals surface area contributed by atoms with Gasteiger partial charge in [-0.05, 0) is 32.9 Å². The first kappa shape index (κ1) is 34.9. The summed E-state index contributed by atoms with van der Waals surface area (Å²) in [6.07, 6.45) is 0. The van der Waals surface area contributed by atoms with Gasteiger partial charge < -0.3 is 5.73 Å². The molecule has 0 aromatic heterocycles. The molecule has 3 aromatic rings. The largest absolute Gasteiger partial charge is 0.399 e. The number of non-ortho nitro benzene ring substituents is 2. The first-order valence-electron chi connectivity index (χ1n) is 11.4. The summed E-state index contributed by atoms with van der Waals surface area (Å²) in [5.74, 6) is 0. The van der Waals surface area contributed by atoms with E-state index in [1.165, 1.54) is 29.8 Å². The summed E-state index contributed by atoms with van der Waals surface area (Å²) < 4.78 is 0. The summed E-state index contributed by atoms with van der Waals surface area (Å²) in [6, 6.07) is 20.6. The normalized spacial score (nSPS) is 8.15. The molecular formula is C27H41N3O4. The van der Waals surface area contributed by atoms with Crippen LogP contribution < -0.4 is 5.73 Å². The van der Waals surface area contributed by atoms with E-state index in [-0.39, 0.29) is 11.4 Å². The topological polar surface area (TPSA) is 112 Å². The third-order valence-corrected chi connectivity index (χ3v) is 3.57. The molecule has 7 heteroatoms. The van der Waals surface area contributed by atoms with Crippen LogP contribution in [0.15, 0.2) is 72.8 Å². The van der Waals surface area contributed by atoms with E-state index in [0.29, 0.717) is 0 Å². The van der Waals surface area contributed by atoms with Crippen molar-refractivity contribution in [3.05, 3.63) is 110 Å². The molecule has 0 aliphatic rings. The maximum atomic E-state index is 10.1. The first-order chi connectivity index (χ1) is 16.2. The number of anilines is 1. The van der Waals surface area contributed by atoms with Crippen molar-refractivity contribution in [2.45, 2.75) is 62.3 Å². The number of nitrogens with zero attached hydrogens (tertiary/aromatic N) is 2. The van der Waals surface area contributed by atoms with Crippen LogP contribution in [0.1, 0.15) is 58.2 Å². The zero-order valence-electron chi connectivity index (χ0n) is 22.0. The second-order valence-corrected chi connectivity index (χ2v) is 6.10. The maximum absolute atomic E-state index is 10.1. The van der Waals surface area contributed by atoms with Gasteiger partial charge in [0.15, 0.2) is 0 Å². The number of rotatable bonds is 2. The van der Waals surface area contributed by atoms with Gasteiger partial charge in [0.1, 0.15) is 0 Å². The molecule has 0 fully saturated rings. The van der Waals surface area contributed by atoms with Gasteiger partial charge in [0, 0.05) is 30.0 Å². The van der Waals surface area contributed by atoms with Crippen LogP contribution >= 0.6 is 0 Å². The number of nitro benzene ring substituents is 2. The Morgan fingerprint density at radius 2 is 0.706 bits per heavy atom. The minimum atomic E-state index is -0.403. The molecule has 0 atom stereocenters. The number of nitro groups is 2. The fraction of sp³-hybridized carbons (Fsp3) is 0.333. The molecule has 0 aliphatic heterocycles. The van der Waals surface area contributed by atoms with Crippen LogP contribution in [0.4, 0.5) is 17.1 Å². The van der Waals surface area contributed by atoms with Crippen molar-refractivity contribution >= 4 is 17.1 Å². The standard InChI is InChI=1S/2C7H7NO2.C7H9N.3C2H6/c2*1-6-2-4-7(5-3-6)8(9)10;1-6-2-4-7(8)5-3-6;3*1-2/h2*2-5H,1H3;2-5H,8H2,1H3;3*1-2H3.